The van der Waals surface area contributed by atoms with E-state index in [0.717, 1.165) is 41.5 Å². The zero-order valence-electron chi connectivity index (χ0n) is 29.4. The molecule has 2 saturated heterocycles. The molecule has 4 aliphatic rings. The van der Waals surface area contributed by atoms with Crippen molar-refractivity contribution in [1.29, 1.82) is 0 Å². The van der Waals surface area contributed by atoms with E-state index in [1.165, 1.54) is 0 Å². The predicted octanol–water partition coefficient (Wildman–Crippen LogP) is 5.34. The Morgan fingerprint density at radius 3 is 2.14 bits per heavy atom. The number of rotatable bonds is 11. The molecule has 6 atom stereocenters. The van der Waals surface area contributed by atoms with Gasteiger partial charge in [-0.2, -0.15) is 0 Å². The number of amides is 3. The third kappa shape index (κ3) is 6.12. The molecule has 266 valence electrons. The summed E-state index contributed by atoms with van der Waals surface area (Å²) in [5.74, 6) is -1.39. The fourth-order valence-corrected chi connectivity index (χ4v) is 10.4. The molecule has 0 radical (unpaired) electrons. The zero-order chi connectivity index (χ0) is 35.7. The molecule has 3 amide bonds. The molecule has 0 aromatic heterocycles. The van der Waals surface area contributed by atoms with Crippen LogP contribution >= 0.6 is 11.8 Å². The van der Waals surface area contributed by atoms with E-state index in [2.05, 4.69) is 18.7 Å². The monoisotopic (exact) mass is 706 g/mol. The van der Waals surface area contributed by atoms with Crippen LogP contribution < -0.4 is 19.4 Å². The first-order valence-electron chi connectivity index (χ1n) is 18.0. The third-order valence-corrected chi connectivity index (χ3v) is 12.5. The second-order valence-electron chi connectivity index (χ2n) is 13.5. The van der Waals surface area contributed by atoms with E-state index in [-0.39, 0.29) is 29.6 Å². The maximum Gasteiger partial charge on any atom is 0.251 e. The molecule has 9 nitrogen and oxygen atoms in total. The van der Waals surface area contributed by atoms with Crippen LogP contribution in [0.25, 0.3) is 0 Å². The van der Waals surface area contributed by atoms with Crippen molar-refractivity contribution in [2.24, 2.45) is 11.8 Å². The fraction of sp³-hybridized carbons (Fsp3) is 0.390. The quantitative estimate of drug-likeness (QED) is 0.269. The van der Waals surface area contributed by atoms with Crippen LogP contribution in [0.2, 0.25) is 0 Å². The second kappa shape index (κ2) is 14.6. The van der Waals surface area contributed by atoms with Gasteiger partial charge in [0.15, 0.2) is 0 Å². The van der Waals surface area contributed by atoms with Gasteiger partial charge in [0.05, 0.1) is 35.8 Å². The summed E-state index contributed by atoms with van der Waals surface area (Å²) in [6.07, 6.45) is 8.44. The van der Waals surface area contributed by atoms with Crippen LogP contribution in [-0.2, 0) is 20.8 Å². The molecule has 0 saturated carbocycles. The molecular weight excluding hydrogens is 661 g/mol. The Morgan fingerprint density at radius 1 is 0.843 bits per heavy atom. The number of fused-ring (bicyclic) bond motifs is 2. The Morgan fingerprint density at radius 2 is 1.49 bits per heavy atom. The van der Waals surface area contributed by atoms with Crippen molar-refractivity contribution >= 4 is 46.5 Å². The average molecular weight is 707 g/mol. The van der Waals surface area contributed by atoms with Gasteiger partial charge in [0.1, 0.15) is 11.8 Å². The molecule has 3 aromatic rings. The van der Waals surface area contributed by atoms with Crippen LogP contribution in [0.15, 0.2) is 103 Å². The van der Waals surface area contributed by atoms with Gasteiger partial charge in [-0.25, -0.2) is 0 Å². The summed E-state index contributed by atoms with van der Waals surface area (Å²) in [6, 6.07) is 23.6. The maximum atomic E-state index is 15.1. The van der Waals surface area contributed by atoms with Crippen molar-refractivity contribution in [2.45, 2.75) is 49.3 Å². The molecule has 0 aliphatic carbocycles. The van der Waals surface area contributed by atoms with Crippen LogP contribution in [-0.4, -0.2) is 89.2 Å². The molecule has 2 fully saturated rings. The summed E-state index contributed by atoms with van der Waals surface area (Å²) in [7, 11) is 0. The fourth-order valence-electron chi connectivity index (χ4n) is 8.39. The predicted molar refractivity (Wildman–Crippen MR) is 203 cm³/mol. The highest BCUT2D eigenvalue weighted by Gasteiger charge is 2.71. The molecule has 10 heteroatoms. The summed E-state index contributed by atoms with van der Waals surface area (Å²) < 4.78 is 4.63. The van der Waals surface area contributed by atoms with Crippen molar-refractivity contribution < 1.29 is 24.2 Å². The molecule has 4 heterocycles. The van der Waals surface area contributed by atoms with Crippen LogP contribution in [0, 0.1) is 11.8 Å². The first-order valence-corrected chi connectivity index (χ1v) is 18.9. The van der Waals surface area contributed by atoms with E-state index in [4.69, 9.17) is 4.74 Å². The lowest BCUT2D eigenvalue weighted by atomic mass is 9.78. The Bertz CT molecular complexity index is 1790. The minimum atomic E-state index is -1.01. The summed E-state index contributed by atoms with van der Waals surface area (Å²) in [5.41, 5.74) is 3.50. The summed E-state index contributed by atoms with van der Waals surface area (Å²) in [6.45, 7) is 8.83. The van der Waals surface area contributed by atoms with Crippen molar-refractivity contribution in [3.63, 3.8) is 0 Å². The lowest BCUT2D eigenvalue weighted by molar-refractivity contribution is -0.141. The highest BCUT2D eigenvalue weighted by atomic mass is 32.2. The van der Waals surface area contributed by atoms with E-state index < -0.39 is 28.7 Å². The SMILES string of the molecule is CCOc1ccc(N2CC=C[C@H]3S[C@]45C=CCN(c6ccc(N(CC)CC)cc6)C(=O)C4N([C@@H](CO)Cc4ccccc4)C(=O)[C@@H]5[C@H]3C2=O)cc1. The molecule has 1 N–H and O–H groups in total. The van der Waals surface area contributed by atoms with Crippen molar-refractivity contribution in [2.75, 3.05) is 54.1 Å². The largest absolute Gasteiger partial charge is 0.494 e. The number of hydrogen-bond donors (Lipinski definition) is 1. The normalized spacial score (nSPS) is 26.0. The lowest BCUT2D eigenvalue weighted by Crippen LogP contribution is -2.57. The van der Waals surface area contributed by atoms with Crippen molar-refractivity contribution in [3.8, 4) is 5.75 Å². The number of aliphatic hydroxyl groups excluding tert-OH is 1. The number of carbonyl (C=O) groups is 3. The van der Waals surface area contributed by atoms with E-state index in [1.807, 2.05) is 110 Å². The van der Waals surface area contributed by atoms with Crippen LogP contribution in [0.5, 0.6) is 5.75 Å². The van der Waals surface area contributed by atoms with Gasteiger partial charge in [0.25, 0.3) is 5.91 Å². The van der Waals surface area contributed by atoms with Crippen molar-refractivity contribution in [3.05, 3.63) is 109 Å². The molecule has 3 aromatic carbocycles. The lowest BCUT2D eigenvalue weighted by Gasteiger charge is -2.38. The first kappa shape index (κ1) is 34.9. The van der Waals surface area contributed by atoms with Gasteiger partial charge >= 0.3 is 0 Å². The van der Waals surface area contributed by atoms with Gasteiger partial charge < -0.3 is 29.4 Å². The first-order chi connectivity index (χ1) is 24.8. The smallest absolute Gasteiger partial charge is 0.251 e. The molecule has 1 unspecified atom stereocenters. The van der Waals surface area contributed by atoms with E-state index in [1.54, 1.807) is 26.5 Å². The number of nitrogens with zero attached hydrogens (tertiary/aromatic N) is 4. The number of benzene rings is 3. The van der Waals surface area contributed by atoms with Gasteiger partial charge in [-0.3, -0.25) is 14.4 Å². The highest BCUT2D eigenvalue weighted by molar-refractivity contribution is 8.02. The summed E-state index contributed by atoms with van der Waals surface area (Å²) in [4.78, 5) is 52.3. The topological polar surface area (TPSA) is 93.6 Å². The van der Waals surface area contributed by atoms with E-state index >= 15 is 9.59 Å². The van der Waals surface area contributed by atoms with Gasteiger partial charge in [0.2, 0.25) is 11.8 Å². The van der Waals surface area contributed by atoms with Crippen LogP contribution in [0.4, 0.5) is 17.1 Å². The molecule has 4 aliphatic heterocycles. The highest BCUT2D eigenvalue weighted by Crippen LogP contribution is 2.61. The van der Waals surface area contributed by atoms with E-state index in [0.29, 0.717) is 26.1 Å². The Kier molecular flexibility index (Phi) is 9.99. The molecule has 7 rings (SSSR count). The Hall–Kier alpha value is -4.54. The minimum absolute atomic E-state index is 0.143. The number of ether oxygens (including phenoxy) is 1. The van der Waals surface area contributed by atoms with Gasteiger partial charge in [-0.15, -0.1) is 11.8 Å². The third-order valence-electron chi connectivity index (χ3n) is 10.8. The zero-order valence-corrected chi connectivity index (χ0v) is 30.2. The number of carbonyl (C=O) groups excluding carboxylic acids is 3. The van der Waals surface area contributed by atoms with Crippen LogP contribution in [0.1, 0.15) is 26.3 Å². The second-order valence-corrected chi connectivity index (χ2v) is 14.9. The number of aliphatic hydroxyl groups is 1. The molecular formula is C41H46N4O5S. The average Bonchev–Trinajstić information content (AvgIpc) is 3.47. The number of hydrogen-bond acceptors (Lipinski definition) is 7. The van der Waals surface area contributed by atoms with Gasteiger partial charge in [-0.05, 0) is 81.3 Å². The van der Waals surface area contributed by atoms with E-state index in [9.17, 15) is 9.90 Å². The number of likely N-dealkylation sites (tertiary alicyclic amines) is 1. The summed E-state index contributed by atoms with van der Waals surface area (Å²) >= 11 is 1.55. The summed E-state index contributed by atoms with van der Waals surface area (Å²) in [5, 5.41) is 10.6. The maximum absolute atomic E-state index is 15.1. The van der Waals surface area contributed by atoms with Crippen molar-refractivity contribution in [1.82, 2.24) is 4.90 Å². The Balaban J connectivity index is 1.29. The number of thioether (sulfide) groups is 1. The molecule has 51 heavy (non-hydrogen) atoms. The van der Waals surface area contributed by atoms with Gasteiger partial charge in [0, 0.05) is 48.5 Å². The molecule has 1 spiro atoms. The molecule has 0 bridgehead atoms. The number of anilines is 3. The van der Waals surface area contributed by atoms with Crippen LogP contribution in [0.3, 0.4) is 0 Å². The minimum Gasteiger partial charge on any atom is -0.494 e. The Labute approximate surface area is 304 Å². The van der Waals surface area contributed by atoms with Gasteiger partial charge in [-0.1, -0.05) is 54.6 Å². The standard InChI is InChI=1S/C41H46N4O5S/c1-4-42(5-2)29-15-17-30(18-16-29)44-25-11-23-41-36(39(48)45(37(41)40(44)49)32(27-46)26-28-12-8-7-9-13-28)35-34(51-41)14-10-24-43(38(35)47)31-19-21-33(22-20-31)50-6-3/h7-23,32,34-37,46H,4-6,24-27H2,1-3H3/t32-,34-,35+,36+,37?,41+/m1/s1.